The lowest BCUT2D eigenvalue weighted by atomic mass is 9.90. The van der Waals surface area contributed by atoms with Gasteiger partial charge in [0.15, 0.2) is 6.10 Å². The van der Waals surface area contributed by atoms with Gasteiger partial charge in [-0.15, -0.1) is 0 Å². The summed E-state index contributed by atoms with van der Waals surface area (Å²) in [6.45, 7) is 0. The number of hydrogen-bond donors (Lipinski definition) is 1. The molecule has 0 saturated carbocycles. The molecule has 1 N–H and O–H groups in total. The van der Waals surface area contributed by atoms with Crippen molar-refractivity contribution in [3.05, 3.63) is 84.4 Å². The average Bonchev–Trinajstić information content (AvgIpc) is 3.31. The van der Waals surface area contributed by atoms with Gasteiger partial charge in [0.2, 0.25) is 5.91 Å². The van der Waals surface area contributed by atoms with E-state index < -0.39 is 24.0 Å². The lowest BCUT2D eigenvalue weighted by Crippen LogP contribution is -2.37. The first kappa shape index (κ1) is 19.1. The molecule has 3 unspecified atom stereocenters. The number of ether oxygens (including phenoxy) is 1. The van der Waals surface area contributed by atoms with Crippen molar-refractivity contribution in [2.45, 2.75) is 12.1 Å². The van der Waals surface area contributed by atoms with Crippen LogP contribution >= 0.6 is 0 Å². The highest BCUT2D eigenvalue weighted by Crippen LogP contribution is 2.47. The van der Waals surface area contributed by atoms with E-state index in [4.69, 9.17) is 9.57 Å². The van der Waals surface area contributed by atoms with Crippen LogP contribution in [0, 0.1) is 5.92 Å². The summed E-state index contributed by atoms with van der Waals surface area (Å²) in [5.41, 5.74) is 1.95. The molecule has 5 rings (SSSR count). The molecule has 0 bridgehead atoms. The monoisotopic (exact) mass is 416 g/mol. The lowest BCUT2D eigenvalue weighted by molar-refractivity contribution is -0.126. The smallest absolute Gasteiger partial charge is 0.266 e. The molecule has 2 heterocycles. The number of fused-ring (bicyclic) bond motifs is 1. The maximum atomic E-state index is 13.5. The molecule has 7 heteroatoms. The molecule has 0 spiro atoms. The quantitative estimate of drug-likeness (QED) is 0.657. The summed E-state index contributed by atoms with van der Waals surface area (Å²) in [4.78, 5) is 34.1. The fourth-order valence-electron chi connectivity index (χ4n) is 4.23. The van der Waals surface area contributed by atoms with E-state index >= 15 is 0 Å². The van der Waals surface area contributed by atoms with Gasteiger partial charge in [-0.25, -0.2) is 9.96 Å². The first-order valence-corrected chi connectivity index (χ1v) is 9.90. The molecule has 3 atom stereocenters. The SMILES string of the molecule is COc1cccc(N2C(=O)C3ON(c4ccccc4)C(c4ccc(O)cc4)C3C2=O)c1. The molecule has 3 aromatic carbocycles. The molecular weight excluding hydrogens is 396 g/mol. The standard InChI is InChI=1S/C24H20N2O5/c1-30-19-9-5-8-17(14-19)25-23(28)20-21(15-10-12-18(27)13-11-15)26(31-22(20)24(25)29)16-6-3-2-4-7-16/h2-14,20-22,27H,1H3. The second-order valence-electron chi connectivity index (χ2n) is 7.46. The molecule has 0 aromatic heterocycles. The number of phenols is 1. The van der Waals surface area contributed by atoms with E-state index in [1.807, 2.05) is 30.3 Å². The summed E-state index contributed by atoms with van der Waals surface area (Å²) in [6.07, 6.45) is -0.947. The van der Waals surface area contributed by atoms with Crippen molar-refractivity contribution >= 4 is 23.2 Å². The number of imide groups is 1. The minimum atomic E-state index is -0.947. The molecule has 3 aromatic rings. The summed E-state index contributed by atoms with van der Waals surface area (Å²) in [6, 6.07) is 22.3. The molecule has 2 amide bonds. The minimum absolute atomic E-state index is 0.123. The molecule has 2 aliphatic heterocycles. The number of benzene rings is 3. The lowest BCUT2D eigenvalue weighted by Gasteiger charge is -2.28. The second kappa shape index (κ2) is 7.45. The normalized spacial score (nSPS) is 22.7. The highest BCUT2D eigenvalue weighted by atomic mass is 16.7. The number of hydrogen-bond acceptors (Lipinski definition) is 6. The van der Waals surface area contributed by atoms with Crippen LogP contribution in [0.2, 0.25) is 0 Å². The summed E-state index contributed by atoms with van der Waals surface area (Å²) >= 11 is 0. The van der Waals surface area contributed by atoms with Crippen molar-refractivity contribution in [2.24, 2.45) is 5.92 Å². The van der Waals surface area contributed by atoms with Crippen LogP contribution in [0.1, 0.15) is 11.6 Å². The van der Waals surface area contributed by atoms with Gasteiger partial charge in [0.25, 0.3) is 5.91 Å². The molecular formula is C24H20N2O5. The van der Waals surface area contributed by atoms with Gasteiger partial charge in [-0.3, -0.25) is 14.4 Å². The Bertz CT molecular complexity index is 1130. The van der Waals surface area contributed by atoms with Crippen molar-refractivity contribution in [3.8, 4) is 11.5 Å². The van der Waals surface area contributed by atoms with Crippen LogP contribution in [0.15, 0.2) is 78.9 Å². The van der Waals surface area contributed by atoms with Gasteiger partial charge in [0, 0.05) is 6.07 Å². The van der Waals surface area contributed by atoms with E-state index in [2.05, 4.69) is 0 Å². The summed E-state index contributed by atoms with van der Waals surface area (Å²) < 4.78 is 5.24. The fourth-order valence-corrected chi connectivity index (χ4v) is 4.23. The van der Waals surface area contributed by atoms with Gasteiger partial charge in [-0.1, -0.05) is 36.4 Å². The van der Waals surface area contributed by atoms with Crippen molar-refractivity contribution in [2.75, 3.05) is 17.1 Å². The fraction of sp³-hybridized carbons (Fsp3) is 0.167. The Morgan fingerprint density at radius 1 is 0.871 bits per heavy atom. The molecule has 156 valence electrons. The Labute approximate surface area is 179 Å². The van der Waals surface area contributed by atoms with E-state index in [0.29, 0.717) is 11.4 Å². The van der Waals surface area contributed by atoms with Gasteiger partial charge in [0.1, 0.15) is 17.4 Å². The number of amides is 2. The third-order valence-electron chi connectivity index (χ3n) is 5.67. The third kappa shape index (κ3) is 3.10. The minimum Gasteiger partial charge on any atom is -0.508 e. The molecule has 2 saturated heterocycles. The zero-order valence-corrected chi connectivity index (χ0v) is 16.7. The summed E-state index contributed by atoms with van der Waals surface area (Å²) in [5.74, 6) is -0.803. The molecule has 31 heavy (non-hydrogen) atoms. The number of carbonyl (C=O) groups excluding carboxylic acids is 2. The van der Waals surface area contributed by atoms with Gasteiger partial charge in [-0.2, -0.15) is 0 Å². The van der Waals surface area contributed by atoms with Crippen molar-refractivity contribution in [3.63, 3.8) is 0 Å². The number of carbonyl (C=O) groups is 2. The van der Waals surface area contributed by atoms with E-state index in [1.54, 1.807) is 53.6 Å². The topological polar surface area (TPSA) is 79.3 Å². The van der Waals surface area contributed by atoms with Crippen molar-refractivity contribution in [1.29, 1.82) is 0 Å². The van der Waals surface area contributed by atoms with E-state index in [-0.39, 0.29) is 11.7 Å². The van der Waals surface area contributed by atoms with Crippen LogP contribution in [0.5, 0.6) is 11.5 Å². The predicted octanol–water partition coefficient (Wildman–Crippen LogP) is 3.45. The number of phenolic OH excluding ortho intramolecular Hbond substituents is 1. The van der Waals surface area contributed by atoms with E-state index in [1.165, 1.54) is 12.0 Å². The van der Waals surface area contributed by atoms with E-state index in [0.717, 1.165) is 11.3 Å². The number of methoxy groups -OCH3 is 1. The van der Waals surface area contributed by atoms with Crippen LogP contribution < -0.4 is 14.7 Å². The van der Waals surface area contributed by atoms with Crippen molar-refractivity contribution < 1.29 is 24.3 Å². The predicted molar refractivity (Wildman–Crippen MR) is 114 cm³/mol. The number of aromatic hydroxyl groups is 1. The molecule has 2 fully saturated rings. The number of para-hydroxylation sites is 1. The number of rotatable bonds is 4. The van der Waals surface area contributed by atoms with Crippen LogP contribution in [0.4, 0.5) is 11.4 Å². The van der Waals surface area contributed by atoms with Crippen LogP contribution in [-0.4, -0.2) is 30.1 Å². The molecule has 7 nitrogen and oxygen atoms in total. The molecule has 0 radical (unpaired) electrons. The second-order valence-corrected chi connectivity index (χ2v) is 7.46. The number of hydroxylamine groups is 1. The third-order valence-corrected chi connectivity index (χ3v) is 5.67. The number of nitrogens with zero attached hydrogens (tertiary/aromatic N) is 2. The Morgan fingerprint density at radius 2 is 1.58 bits per heavy atom. The van der Waals surface area contributed by atoms with Crippen LogP contribution in [-0.2, 0) is 14.4 Å². The first-order valence-electron chi connectivity index (χ1n) is 9.90. The van der Waals surface area contributed by atoms with E-state index in [9.17, 15) is 14.7 Å². The maximum Gasteiger partial charge on any atom is 0.266 e. The van der Waals surface area contributed by atoms with Gasteiger partial charge < -0.3 is 9.84 Å². The largest absolute Gasteiger partial charge is 0.508 e. The highest BCUT2D eigenvalue weighted by Gasteiger charge is 2.60. The average molecular weight is 416 g/mol. The van der Waals surface area contributed by atoms with Crippen LogP contribution in [0.3, 0.4) is 0 Å². The van der Waals surface area contributed by atoms with Gasteiger partial charge >= 0.3 is 0 Å². The Hall–Kier alpha value is -3.84. The first-order chi connectivity index (χ1) is 15.1. The Morgan fingerprint density at radius 3 is 2.29 bits per heavy atom. The van der Waals surface area contributed by atoms with Crippen molar-refractivity contribution in [1.82, 2.24) is 0 Å². The van der Waals surface area contributed by atoms with Gasteiger partial charge in [-0.05, 0) is 42.0 Å². The Balaban J connectivity index is 1.57. The van der Waals surface area contributed by atoms with Crippen LogP contribution in [0.25, 0.3) is 0 Å². The maximum absolute atomic E-state index is 13.5. The molecule has 2 aliphatic rings. The summed E-state index contributed by atoms with van der Waals surface area (Å²) in [5, 5.41) is 11.3. The summed E-state index contributed by atoms with van der Waals surface area (Å²) in [7, 11) is 1.53. The number of anilines is 2. The molecule has 0 aliphatic carbocycles. The zero-order valence-electron chi connectivity index (χ0n) is 16.7. The zero-order chi connectivity index (χ0) is 21.5. The van der Waals surface area contributed by atoms with Gasteiger partial charge in [0.05, 0.1) is 24.5 Å². The Kier molecular flexibility index (Phi) is 4.60. The highest BCUT2D eigenvalue weighted by molar-refractivity contribution is 6.24.